The first-order chi connectivity index (χ1) is 25.2. The van der Waals surface area contributed by atoms with Crippen LogP contribution in [0.15, 0.2) is 182 Å². The summed E-state index contributed by atoms with van der Waals surface area (Å²) in [6.45, 7) is 0. The maximum absolute atomic E-state index is 5.09. The Balaban J connectivity index is 1.03. The third kappa shape index (κ3) is 5.36. The maximum atomic E-state index is 5.09. The predicted molar refractivity (Wildman–Crippen MR) is 217 cm³/mol. The van der Waals surface area contributed by atoms with E-state index in [4.69, 9.17) is 9.97 Å². The Kier molecular flexibility index (Phi) is 7.04. The van der Waals surface area contributed by atoms with Gasteiger partial charge in [0.25, 0.3) is 0 Å². The minimum absolute atomic E-state index is 0.717. The van der Waals surface area contributed by atoms with Gasteiger partial charge in [-0.15, -0.1) is 11.3 Å². The predicted octanol–water partition coefficient (Wildman–Crippen LogP) is 13.5. The van der Waals surface area contributed by atoms with Crippen LogP contribution in [-0.2, 0) is 0 Å². The molecule has 0 amide bonds. The van der Waals surface area contributed by atoms with Crippen LogP contribution in [0.2, 0.25) is 0 Å². The van der Waals surface area contributed by atoms with Crippen molar-refractivity contribution in [1.29, 1.82) is 0 Å². The lowest BCUT2D eigenvalue weighted by atomic mass is 9.93. The summed E-state index contributed by atoms with van der Waals surface area (Å²) in [4.78, 5) is 11.4. The molecule has 0 aliphatic carbocycles. The zero-order chi connectivity index (χ0) is 33.7. The lowest BCUT2D eigenvalue weighted by molar-refractivity contribution is 1.18. The molecule has 0 atom stereocenters. The topological polar surface area (TPSA) is 25.8 Å². The molecule has 0 saturated carbocycles. The maximum Gasteiger partial charge on any atom is 0.160 e. The highest BCUT2D eigenvalue weighted by molar-refractivity contribution is 7.22. The molecule has 238 valence electrons. The molecule has 0 saturated heterocycles. The fourth-order valence-electron chi connectivity index (χ4n) is 7.24. The van der Waals surface area contributed by atoms with Gasteiger partial charge in [-0.2, -0.15) is 0 Å². The van der Waals surface area contributed by atoms with Gasteiger partial charge in [0.15, 0.2) is 5.82 Å². The van der Waals surface area contributed by atoms with Crippen LogP contribution in [0, 0.1) is 0 Å². The summed E-state index contributed by atoms with van der Waals surface area (Å²) in [7, 11) is 0. The van der Waals surface area contributed by atoms with E-state index >= 15 is 0 Å². The second-order valence-corrected chi connectivity index (χ2v) is 14.1. The van der Waals surface area contributed by atoms with E-state index < -0.39 is 0 Å². The van der Waals surface area contributed by atoms with Gasteiger partial charge in [-0.05, 0) is 84.7 Å². The molecule has 2 heterocycles. The first-order valence-corrected chi connectivity index (χ1v) is 18.0. The molecular weight excluding hydrogens is 637 g/mol. The second-order valence-electron chi connectivity index (χ2n) is 13.0. The van der Waals surface area contributed by atoms with Crippen LogP contribution in [-0.4, -0.2) is 9.97 Å². The first-order valence-electron chi connectivity index (χ1n) is 17.2. The monoisotopic (exact) mass is 666 g/mol. The van der Waals surface area contributed by atoms with Gasteiger partial charge in [-0.1, -0.05) is 152 Å². The molecule has 51 heavy (non-hydrogen) atoms. The van der Waals surface area contributed by atoms with Crippen LogP contribution in [0.5, 0.6) is 0 Å². The summed E-state index contributed by atoms with van der Waals surface area (Å²) < 4.78 is 1.30. The Labute approximate surface area is 300 Å². The molecule has 0 aliphatic rings. The van der Waals surface area contributed by atoms with Crippen molar-refractivity contribution < 1.29 is 0 Å². The first kappa shape index (κ1) is 29.5. The van der Waals surface area contributed by atoms with Gasteiger partial charge in [0, 0.05) is 26.3 Å². The average molecular weight is 667 g/mol. The Bertz CT molecular complexity index is 2860. The van der Waals surface area contributed by atoms with Gasteiger partial charge in [0.1, 0.15) is 0 Å². The minimum atomic E-state index is 0.717. The summed E-state index contributed by atoms with van der Waals surface area (Å²) >= 11 is 1.83. The lowest BCUT2D eigenvalue weighted by Gasteiger charge is -2.12. The van der Waals surface area contributed by atoms with E-state index in [1.165, 1.54) is 64.0 Å². The molecule has 2 nitrogen and oxygen atoms in total. The molecule has 2 aromatic heterocycles. The zero-order valence-electron chi connectivity index (χ0n) is 27.6. The number of rotatable bonds is 5. The Morgan fingerprint density at radius 3 is 1.69 bits per heavy atom. The standard InChI is InChI=1S/C48H30N2S/c1-2-9-35(10-3-1)48-49-44(30-45(50-48)33-21-23-34(24-22-33)47-29-39-13-6-7-16-46(39)51-47)32-19-17-31(18-20-32)40-14-8-15-41-42(40)26-25-38-27-36-11-4-5-12-37(36)28-43(38)41/h1-30H. The number of hydrogen-bond donors (Lipinski definition) is 0. The van der Waals surface area contributed by atoms with Gasteiger partial charge in [-0.25, -0.2) is 9.97 Å². The summed E-state index contributed by atoms with van der Waals surface area (Å²) in [6.07, 6.45) is 0. The molecule has 0 radical (unpaired) electrons. The fraction of sp³-hybridized carbons (Fsp3) is 0. The average Bonchev–Trinajstić information content (AvgIpc) is 3.65. The van der Waals surface area contributed by atoms with Crippen LogP contribution < -0.4 is 0 Å². The zero-order valence-corrected chi connectivity index (χ0v) is 28.4. The van der Waals surface area contributed by atoms with E-state index in [0.717, 1.165) is 28.1 Å². The highest BCUT2D eigenvalue weighted by Gasteiger charge is 2.13. The molecule has 10 rings (SSSR count). The van der Waals surface area contributed by atoms with Gasteiger partial charge >= 0.3 is 0 Å². The smallest absolute Gasteiger partial charge is 0.160 e. The number of fused-ring (bicyclic) bond motifs is 5. The van der Waals surface area contributed by atoms with Crippen molar-refractivity contribution in [3.63, 3.8) is 0 Å². The van der Waals surface area contributed by atoms with Crippen molar-refractivity contribution in [3.8, 4) is 55.5 Å². The fourth-order valence-corrected chi connectivity index (χ4v) is 8.31. The van der Waals surface area contributed by atoms with Crippen molar-refractivity contribution in [1.82, 2.24) is 9.97 Å². The summed E-state index contributed by atoms with van der Waals surface area (Å²) in [5, 5.41) is 8.87. The molecule has 3 heteroatoms. The van der Waals surface area contributed by atoms with E-state index in [0.29, 0.717) is 5.82 Å². The lowest BCUT2D eigenvalue weighted by Crippen LogP contribution is -1.96. The largest absolute Gasteiger partial charge is 0.228 e. The number of thiophene rings is 1. The van der Waals surface area contributed by atoms with Gasteiger partial charge < -0.3 is 0 Å². The van der Waals surface area contributed by atoms with E-state index in [-0.39, 0.29) is 0 Å². The quantitative estimate of drug-likeness (QED) is 0.135. The SMILES string of the molecule is c1ccc(-c2nc(-c3ccc(-c4cc5ccccc5s4)cc3)cc(-c3ccc(-c4cccc5c4ccc4cc6ccccc6cc45)cc3)n2)cc1. The Hall–Kier alpha value is -6.42. The van der Waals surface area contributed by atoms with Crippen molar-refractivity contribution >= 4 is 53.7 Å². The van der Waals surface area contributed by atoms with Gasteiger partial charge in [-0.3, -0.25) is 0 Å². The number of aromatic nitrogens is 2. The van der Waals surface area contributed by atoms with Crippen LogP contribution >= 0.6 is 11.3 Å². The van der Waals surface area contributed by atoms with E-state index in [9.17, 15) is 0 Å². The normalized spacial score (nSPS) is 11.5. The second kappa shape index (κ2) is 12.2. The van der Waals surface area contributed by atoms with E-state index in [1.54, 1.807) is 0 Å². The van der Waals surface area contributed by atoms with Crippen LogP contribution in [0.1, 0.15) is 0 Å². The molecule has 0 spiro atoms. The number of benzene rings is 8. The highest BCUT2D eigenvalue weighted by atomic mass is 32.1. The van der Waals surface area contributed by atoms with Crippen molar-refractivity contribution in [2.75, 3.05) is 0 Å². The molecule has 10 aromatic rings. The van der Waals surface area contributed by atoms with Crippen LogP contribution in [0.4, 0.5) is 0 Å². The number of nitrogens with zero attached hydrogens (tertiary/aromatic N) is 2. The Morgan fingerprint density at radius 2 is 0.961 bits per heavy atom. The van der Waals surface area contributed by atoms with Crippen molar-refractivity contribution in [2.24, 2.45) is 0 Å². The summed E-state index contributed by atoms with van der Waals surface area (Å²) in [5.74, 6) is 0.717. The van der Waals surface area contributed by atoms with Crippen LogP contribution in [0.25, 0.3) is 97.9 Å². The molecule has 0 bridgehead atoms. The molecule has 0 N–H and O–H groups in total. The van der Waals surface area contributed by atoms with Crippen LogP contribution in [0.3, 0.4) is 0 Å². The number of hydrogen-bond acceptors (Lipinski definition) is 3. The van der Waals surface area contributed by atoms with Gasteiger partial charge in [0.2, 0.25) is 0 Å². The minimum Gasteiger partial charge on any atom is -0.228 e. The van der Waals surface area contributed by atoms with Crippen molar-refractivity contribution in [3.05, 3.63) is 182 Å². The third-order valence-electron chi connectivity index (χ3n) is 9.88. The van der Waals surface area contributed by atoms with Gasteiger partial charge in [0.05, 0.1) is 11.4 Å². The molecule has 0 aliphatic heterocycles. The van der Waals surface area contributed by atoms with E-state index in [2.05, 4.69) is 164 Å². The summed E-state index contributed by atoms with van der Waals surface area (Å²) in [6, 6.07) is 65.2. The molecule has 0 unspecified atom stereocenters. The molecule has 8 aromatic carbocycles. The molecule has 0 fully saturated rings. The summed E-state index contributed by atoms with van der Waals surface area (Å²) in [5.41, 5.74) is 8.53. The highest BCUT2D eigenvalue weighted by Crippen LogP contribution is 2.37. The van der Waals surface area contributed by atoms with Crippen molar-refractivity contribution in [2.45, 2.75) is 0 Å². The van der Waals surface area contributed by atoms with E-state index in [1.807, 2.05) is 29.5 Å². The third-order valence-corrected chi connectivity index (χ3v) is 11.0. The Morgan fingerprint density at radius 1 is 0.333 bits per heavy atom. The molecular formula is C48H30N2S.